The highest BCUT2D eigenvalue weighted by molar-refractivity contribution is 5.98. The van der Waals surface area contributed by atoms with Crippen LogP contribution in [0.3, 0.4) is 0 Å². The summed E-state index contributed by atoms with van der Waals surface area (Å²) in [5.41, 5.74) is 2.07. The van der Waals surface area contributed by atoms with Crippen molar-refractivity contribution in [2.45, 2.75) is 19.4 Å². The molecule has 1 aromatic rings. The number of hydrogen-bond donors (Lipinski definition) is 2. The highest BCUT2D eigenvalue weighted by Crippen LogP contribution is 2.29. The third-order valence-electron chi connectivity index (χ3n) is 2.97. The van der Waals surface area contributed by atoms with Gasteiger partial charge in [0.25, 0.3) is 0 Å². The van der Waals surface area contributed by atoms with Gasteiger partial charge in [-0.1, -0.05) is 24.3 Å². The first-order chi connectivity index (χ1) is 7.59. The zero-order valence-corrected chi connectivity index (χ0v) is 8.93. The SMILES string of the molecule is Cc1ccccc1C1CC(C(=O)O)C(=O)N1. The lowest BCUT2D eigenvalue weighted by Gasteiger charge is -2.12. The van der Waals surface area contributed by atoms with Crippen molar-refractivity contribution in [2.24, 2.45) is 5.92 Å². The summed E-state index contributed by atoms with van der Waals surface area (Å²) in [7, 11) is 0. The molecule has 1 aromatic carbocycles. The van der Waals surface area contributed by atoms with Gasteiger partial charge in [-0.3, -0.25) is 9.59 Å². The molecule has 16 heavy (non-hydrogen) atoms. The molecule has 0 aromatic heterocycles. The number of carboxylic acid groups (broad SMARTS) is 1. The Morgan fingerprint density at radius 1 is 1.44 bits per heavy atom. The van der Waals surface area contributed by atoms with Crippen molar-refractivity contribution < 1.29 is 14.7 Å². The van der Waals surface area contributed by atoms with Crippen LogP contribution < -0.4 is 5.32 Å². The molecule has 0 radical (unpaired) electrons. The van der Waals surface area contributed by atoms with Crippen LogP contribution in [0.15, 0.2) is 24.3 Å². The van der Waals surface area contributed by atoms with E-state index in [1.165, 1.54) is 0 Å². The van der Waals surface area contributed by atoms with Crippen molar-refractivity contribution in [1.82, 2.24) is 5.32 Å². The van der Waals surface area contributed by atoms with E-state index in [9.17, 15) is 9.59 Å². The Morgan fingerprint density at radius 3 is 2.69 bits per heavy atom. The molecule has 1 saturated heterocycles. The first-order valence-electron chi connectivity index (χ1n) is 5.18. The number of aliphatic carboxylic acids is 1. The smallest absolute Gasteiger partial charge is 0.316 e. The number of carbonyl (C=O) groups is 2. The van der Waals surface area contributed by atoms with Crippen LogP contribution in [0.4, 0.5) is 0 Å². The predicted molar refractivity (Wildman–Crippen MR) is 57.8 cm³/mol. The monoisotopic (exact) mass is 219 g/mol. The van der Waals surface area contributed by atoms with Crippen molar-refractivity contribution in [3.8, 4) is 0 Å². The number of aryl methyl sites for hydroxylation is 1. The lowest BCUT2D eigenvalue weighted by molar-refractivity contribution is -0.145. The Hall–Kier alpha value is -1.84. The lowest BCUT2D eigenvalue weighted by Crippen LogP contribution is -2.25. The summed E-state index contributed by atoms with van der Waals surface area (Å²) >= 11 is 0. The largest absolute Gasteiger partial charge is 0.481 e. The maximum atomic E-state index is 11.4. The summed E-state index contributed by atoms with van der Waals surface area (Å²) < 4.78 is 0. The maximum Gasteiger partial charge on any atom is 0.316 e. The summed E-state index contributed by atoms with van der Waals surface area (Å²) in [6, 6.07) is 7.52. The van der Waals surface area contributed by atoms with Crippen LogP contribution in [0.5, 0.6) is 0 Å². The topological polar surface area (TPSA) is 66.4 Å². The van der Waals surface area contributed by atoms with Crippen molar-refractivity contribution in [3.63, 3.8) is 0 Å². The highest BCUT2D eigenvalue weighted by atomic mass is 16.4. The van der Waals surface area contributed by atoms with Crippen LogP contribution in [0, 0.1) is 12.8 Å². The number of amides is 1. The first-order valence-corrected chi connectivity index (χ1v) is 5.18. The van der Waals surface area contributed by atoms with Crippen LogP contribution in [-0.2, 0) is 9.59 Å². The fourth-order valence-corrected chi connectivity index (χ4v) is 2.07. The molecule has 1 aliphatic rings. The third kappa shape index (κ3) is 1.78. The van der Waals surface area contributed by atoms with E-state index < -0.39 is 11.9 Å². The van der Waals surface area contributed by atoms with E-state index in [0.717, 1.165) is 11.1 Å². The van der Waals surface area contributed by atoms with E-state index in [2.05, 4.69) is 5.32 Å². The van der Waals surface area contributed by atoms with Gasteiger partial charge in [-0.05, 0) is 24.5 Å². The molecular weight excluding hydrogens is 206 g/mol. The van der Waals surface area contributed by atoms with Gasteiger partial charge in [0.05, 0.1) is 6.04 Å². The van der Waals surface area contributed by atoms with Gasteiger partial charge in [0, 0.05) is 0 Å². The fourth-order valence-electron chi connectivity index (χ4n) is 2.07. The van der Waals surface area contributed by atoms with Crippen molar-refractivity contribution in [2.75, 3.05) is 0 Å². The molecule has 0 saturated carbocycles. The van der Waals surface area contributed by atoms with Crippen LogP contribution >= 0.6 is 0 Å². The molecule has 1 heterocycles. The van der Waals surface area contributed by atoms with Gasteiger partial charge in [-0.15, -0.1) is 0 Å². The summed E-state index contributed by atoms with van der Waals surface area (Å²) in [5.74, 6) is -2.35. The summed E-state index contributed by atoms with van der Waals surface area (Å²) in [6.45, 7) is 1.95. The van der Waals surface area contributed by atoms with E-state index in [4.69, 9.17) is 5.11 Å². The minimum absolute atomic E-state index is 0.171. The summed E-state index contributed by atoms with van der Waals surface area (Å²) in [4.78, 5) is 22.2. The second kappa shape index (κ2) is 3.96. The Balaban J connectivity index is 2.24. The van der Waals surface area contributed by atoms with Crippen LogP contribution in [0.1, 0.15) is 23.6 Å². The Labute approximate surface area is 93.3 Å². The number of carbonyl (C=O) groups excluding carboxylic acids is 1. The molecule has 1 aliphatic heterocycles. The molecule has 1 fully saturated rings. The Kier molecular flexibility index (Phi) is 2.64. The summed E-state index contributed by atoms with van der Waals surface area (Å²) in [5, 5.41) is 11.6. The van der Waals surface area contributed by atoms with Gasteiger partial charge >= 0.3 is 5.97 Å². The summed E-state index contributed by atoms with van der Waals surface area (Å²) in [6.07, 6.45) is 0.332. The standard InChI is InChI=1S/C12H13NO3/c1-7-4-2-3-5-8(7)10-6-9(12(15)16)11(14)13-10/h2-5,9-10H,6H2,1H3,(H,13,14)(H,15,16). The van der Waals surface area contributed by atoms with Crippen molar-refractivity contribution in [3.05, 3.63) is 35.4 Å². The maximum absolute atomic E-state index is 11.4. The molecule has 84 valence electrons. The van der Waals surface area contributed by atoms with E-state index in [-0.39, 0.29) is 11.9 Å². The zero-order valence-electron chi connectivity index (χ0n) is 8.93. The normalized spacial score (nSPS) is 24.2. The molecule has 4 nitrogen and oxygen atoms in total. The first kappa shape index (κ1) is 10.7. The Bertz CT molecular complexity index is 442. The fraction of sp³-hybridized carbons (Fsp3) is 0.333. The van der Waals surface area contributed by atoms with Gasteiger partial charge in [0.1, 0.15) is 5.92 Å². The molecule has 4 heteroatoms. The molecule has 1 amide bonds. The van der Waals surface area contributed by atoms with Crippen LogP contribution in [0.2, 0.25) is 0 Å². The number of nitrogens with one attached hydrogen (secondary N) is 1. The van der Waals surface area contributed by atoms with Gasteiger partial charge in [0.2, 0.25) is 5.91 Å². The van der Waals surface area contributed by atoms with Gasteiger partial charge < -0.3 is 10.4 Å². The minimum atomic E-state index is -1.05. The van der Waals surface area contributed by atoms with Crippen LogP contribution in [0.25, 0.3) is 0 Å². The minimum Gasteiger partial charge on any atom is -0.481 e. The van der Waals surface area contributed by atoms with E-state index >= 15 is 0 Å². The highest BCUT2D eigenvalue weighted by Gasteiger charge is 2.37. The van der Waals surface area contributed by atoms with Gasteiger partial charge in [-0.25, -0.2) is 0 Å². The molecule has 2 N–H and O–H groups in total. The second-order valence-corrected chi connectivity index (χ2v) is 4.04. The average molecular weight is 219 g/mol. The molecule has 2 rings (SSSR count). The quantitative estimate of drug-likeness (QED) is 0.736. The molecule has 2 atom stereocenters. The van der Waals surface area contributed by atoms with Crippen molar-refractivity contribution >= 4 is 11.9 Å². The number of carboxylic acids is 1. The van der Waals surface area contributed by atoms with Crippen molar-refractivity contribution in [1.29, 1.82) is 0 Å². The number of rotatable bonds is 2. The van der Waals surface area contributed by atoms with Gasteiger partial charge in [-0.2, -0.15) is 0 Å². The predicted octanol–water partition coefficient (Wildman–Crippen LogP) is 1.26. The number of hydrogen-bond acceptors (Lipinski definition) is 2. The van der Waals surface area contributed by atoms with E-state index in [0.29, 0.717) is 6.42 Å². The molecule has 2 unspecified atom stereocenters. The average Bonchev–Trinajstić information content (AvgIpc) is 2.61. The Morgan fingerprint density at radius 2 is 2.12 bits per heavy atom. The van der Waals surface area contributed by atoms with E-state index in [1.807, 2.05) is 31.2 Å². The molecule has 0 bridgehead atoms. The second-order valence-electron chi connectivity index (χ2n) is 4.04. The molecule has 0 spiro atoms. The van der Waals surface area contributed by atoms with E-state index in [1.54, 1.807) is 0 Å². The zero-order chi connectivity index (χ0) is 11.7. The number of benzene rings is 1. The third-order valence-corrected chi connectivity index (χ3v) is 2.97. The lowest BCUT2D eigenvalue weighted by atomic mass is 9.97. The molecule has 0 aliphatic carbocycles. The molecular formula is C12H13NO3. The van der Waals surface area contributed by atoms with Gasteiger partial charge in [0.15, 0.2) is 0 Å². The van der Waals surface area contributed by atoms with Crippen LogP contribution in [-0.4, -0.2) is 17.0 Å².